The number of hydrogen-bond donors (Lipinski definition) is 1. The first-order valence-corrected chi connectivity index (χ1v) is 8.55. The van der Waals surface area contributed by atoms with E-state index < -0.39 is 11.9 Å². The van der Waals surface area contributed by atoms with E-state index in [0.29, 0.717) is 17.4 Å². The fraction of sp³-hybridized carbons (Fsp3) is 0.625. The zero-order chi connectivity index (χ0) is 15.2. The van der Waals surface area contributed by atoms with E-state index in [0.717, 1.165) is 25.4 Å². The summed E-state index contributed by atoms with van der Waals surface area (Å²) in [6.45, 7) is 5.10. The second-order valence-corrected chi connectivity index (χ2v) is 6.77. The maximum absolute atomic E-state index is 13.9. The maximum atomic E-state index is 13.9. The lowest BCUT2D eigenvalue weighted by atomic mass is 10.0. The van der Waals surface area contributed by atoms with Crippen molar-refractivity contribution >= 4 is 11.8 Å². The van der Waals surface area contributed by atoms with Crippen LogP contribution in [0.15, 0.2) is 18.2 Å². The molecule has 2 atom stereocenters. The Morgan fingerprint density at radius 2 is 2.33 bits per heavy atom. The Kier molecular flexibility index (Phi) is 6.33. The number of aliphatic hydroxyl groups excluding tert-OH is 1. The van der Waals surface area contributed by atoms with Gasteiger partial charge in [-0.2, -0.15) is 11.8 Å². The molecule has 1 fully saturated rings. The normalized spacial score (nSPS) is 21.2. The van der Waals surface area contributed by atoms with Crippen LogP contribution in [-0.2, 0) is 0 Å². The van der Waals surface area contributed by atoms with Crippen molar-refractivity contribution < 1.29 is 14.2 Å². The van der Waals surface area contributed by atoms with Gasteiger partial charge in [-0.05, 0) is 25.0 Å². The fourth-order valence-corrected chi connectivity index (χ4v) is 3.95. The Morgan fingerprint density at radius 1 is 1.52 bits per heavy atom. The summed E-state index contributed by atoms with van der Waals surface area (Å²) in [7, 11) is 1.50. The van der Waals surface area contributed by atoms with E-state index in [1.807, 2.05) is 11.8 Å². The van der Waals surface area contributed by atoms with E-state index in [1.54, 1.807) is 12.1 Å². The number of benzene rings is 1. The lowest BCUT2D eigenvalue weighted by molar-refractivity contribution is 0.136. The molecule has 0 spiro atoms. The number of methoxy groups -OCH3 is 1. The molecule has 1 saturated heterocycles. The largest absolute Gasteiger partial charge is 0.496 e. The van der Waals surface area contributed by atoms with Crippen LogP contribution in [0, 0.1) is 5.82 Å². The van der Waals surface area contributed by atoms with Crippen molar-refractivity contribution in [2.24, 2.45) is 0 Å². The average molecular weight is 313 g/mol. The van der Waals surface area contributed by atoms with Crippen LogP contribution in [-0.4, -0.2) is 47.8 Å². The highest BCUT2D eigenvalue weighted by atomic mass is 32.2. The van der Waals surface area contributed by atoms with Gasteiger partial charge in [-0.15, -0.1) is 0 Å². The number of hydrogen-bond acceptors (Lipinski definition) is 4. The molecule has 21 heavy (non-hydrogen) atoms. The van der Waals surface area contributed by atoms with Gasteiger partial charge < -0.3 is 14.7 Å². The van der Waals surface area contributed by atoms with Gasteiger partial charge in [-0.3, -0.25) is 0 Å². The lowest BCUT2D eigenvalue weighted by Crippen LogP contribution is -2.38. The zero-order valence-electron chi connectivity index (χ0n) is 12.7. The van der Waals surface area contributed by atoms with Crippen molar-refractivity contribution in [1.82, 2.24) is 4.90 Å². The molecule has 5 heteroatoms. The number of ether oxygens (including phenoxy) is 1. The molecule has 0 saturated carbocycles. The molecule has 3 nitrogen and oxygen atoms in total. The van der Waals surface area contributed by atoms with Crippen molar-refractivity contribution in [1.29, 1.82) is 0 Å². The summed E-state index contributed by atoms with van der Waals surface area (Å²) >= 11 is 2.02. The first-order chi connectivity index (χ1) is 10.2. The first-order valence-electron chi connectivity index (χ1n) is 7.50. The number of rotatable bonds is 6. The van der Waals surface area contributed by atoms with Gasteiger partial charge in [0, 0.05) is 30.6 Å². The van der Waals surface area contributed by atoms with Crippen molar-refractivity contribution in [3.8, 4) is 5.75 Å². The van der Waals surface area contributed by atoms with Gasteiger partial charge in [-0.25, -0.2) is 4.39 Å². The second kappa shape index (κ2) is 8.01. The lowest BCUT2D eigenvalue weighted by Gasteiger charge is -2.32. The Hall–Kier alpha value is -0.780. The van der Waals surface area contributed by atoms with Crippen LogP contribution in [0.2, 0.25) is 0 Å². The Bertz CT molecular complexity index is 458. The molecule has 118 valence electrons. The molecule has 1 aromatic carbocycles. The smallest absolute Gasteiger partial charge is 0.132 e. The van der Waals surface area contributed by atoms with Gasteiger partial charge in [0.05, 0.1) is 18.8 Å². The summed E-state index contributed by atoms with van der Waals surface area (Å²) in [6.07, 6.45) is 0.874. The van der Waals surface area contributed by atoms with Crippen LogP contribution in [0.3, 0.4) is 0 Å². The van der Waals surface area contributed by atoms with Gasteiger partial charge >= 0.3 is 0 Å². The molecular formula is C16H24FNO2S. The molecule has 0 amide bonds. The van der Waals surface area contributed by atoms with E-state index in [2.05, 4.69) is 11.8 Å². The minimum atomic E-state index is -0.823. The van der Waals surface area contributed by atoms with Gasteiger partial charge in [0.1, 0.15) is 11.6 Å². The van der Waals surface area contributed by atoms with E-state index in [4.69, 9.17) is 4.74 Å². The number of aliphatic hydroxyl groups is 1. The van der Waals surface area contributed by atoms with E-state index in [-0.39, 0.29) is 5.56 Å². The molecule has 1 aliphatic heterocycles. The predicted molar refractivity (Wildman–Crippen MR) is 85.5 cm³/mol. The van der Waals surface area contributed by atoms with Gasteiger partial charge in [-0.1, -0.05) is 13.0 Å². The zero-order valence-corrected chi connectivity index (χ0v) is 13.5. The van der Waals surface area contributed by atoms with Crippen molar-refractivity contribution in [3.05, 3.63) is 29.6 Å². The van der Waals surface area contributed by atoms with Crippen LogP contribution in [0.4, 0.5) is 4.39 Å². The number of halogens is 1. The van der Waals surface area contributed by atoms with Crippen LogP contribution < -0.4 is 4.74 Å². The molecule has 1 N–H and O–H groups in total. The van der Waals surface area contributed by atoms with Gasteiger partial charge in [0.15, 0.2) is 0 Å². The maximum Gasteiger partial charge on any atom is 0.132 e. The van der Waals surface area contributed by atoms with Gasteiger partial charge in [0.25, 0.3) is 0 Å². The summed E-state index contributed by atoms with van der Waals surface area (Å²) in [4.78, 5) is 2.36. The summed E-state index contributed by atoms with van der Waals surface area (Å²) < 4.78 is 19.1. The molecule has 1 aromatic rings. The quantitative estimate of drug-likeness (QED) is 0.875. The highest BCUT2D eigenvalue weighted by Gasteiger charge is 2.22. The average Bonchev–Trinajstić information content (AvgIpc) is 2.52. The molecule has 2 rings (SSSR count). The molecule has 1 aliphatic rings. The topological polar surface area (TPSA) is 32.7 Å². The van der Waals surface area contributed by atoms with Crippen LogP contribution in [0.1, 0.15) is 31.4 Å². The van der Waals surface area contributed by atoms with E-state index in [1.165, 1.54) is 19.6 Å². The highest BCUT2D eigenvalue weighted by molar-refractivity contribution is 8.00. The van der Waals surface area contributed by atoms with Crippen LogP contribution >= 0.6 is 11.8 Å². The summed E-state index contributed by atoms with van der Waals surface area (Å²) in [5, 5.41) is 11.0. The third kappa shape index (κ3) is 4.34. The molecule has 2 unspecified atom stereocenters. The first kappa shape index (κ1) is 16.6. The van der Waals surface area contributed by atoms with E-state index >= 15 is 0 Å². The molecule has 1 heterocycles. The summed E-state index contributed by atoms with van der Waals surface area (Å²) in [5.41, 5.74) is 0.276. The predicted octanol–water partition coefficient (Wildman–Crippen LogP) is 3.09. The Labute approximate surface area is 130 Å². The monoisotopic (exact) mass is 313 g/mol. The van der Waals surface area contributed by atoms with Crippen molar-refractivity contribution in [2.75, 3.05) is 32.5 Å². The highest BCUT2D eigenvalue weighted by Crippen LogP contribution is 2.30. The van der Waals surface area contributed by atoms with Crippen molar-refractivity contribution in [3.63, 3.8) is 0 Å². The minimum absolute atomic E-state index is 0.276. The van der Waals surface area contributed by atoms with Crippen molar-refractivity contribution in [2.45, 2.75) is 31.1 Å². The van der Waals surface area contributed by atoms with E-state index in [9.17, 15) is 9.50 Å². The summed E-state index contributed by atoms with van der Waals surface area (Å²) in [5.74, 6) is 1.16. The van der Waals surface area contributed by atoms with Crippen LogP contribution in [0.5, 0.6) is 5.75 Å². The third-order valence-electron chi connectivity index (χ3n) is 3.96. The minimum Gasteiger partial charge on any atom is -0.496 e. The summed E-state index contributed by atoms with van der Waals surface area (Å²) in [6, 6.07) is 4.65. The SMILES string of the molecule is CCC1CN(CCC(O)c2c(F)cccc2OC)CCS1. The Morgan fingerprint density at radius 3 is 3.05 bits per heavy atom. The Balaban J connectivity index is 1.94. The second-order valence-electron chi connectivity index (χ2n) is 5.36. The van der Waals surface area contributed by atoms with Crippen LogP contribution in [0.25, 0.3) is 0 Å². The fourth-order valence-electron chi connectivity index (χ4n) is 2.70. The third-order valence-corrected chi connectivity index (χ3v) is 5.34. The standard InChI is InChI=1S/C16H24FNO2S/c1-3-12-11-18(9-10-21-12)8-7-14(19)16-13(17)5-4-6-15(16)20-2/h4-6,12,14,19H,3,7-11H2,1-2H3. The number of thioether (sulfide) groups is 1. The molecule has 0 aromatic heterocycles. The number of nitrogens with zero attached hydrogens (tertiary/aromatic N) is 1. The molecule has 0 radical (unpaired) electrons. The molecule has 0 aliphatic carbocycles. The molecule has 0 bridgehead atoms. The van der Waals surface area contributed by atoms with Gasteiger partial charge in [0.2, 0.25) is 0 Å². The molecular weight excluding hydrogens is 289 g/mol.